The summed E-state index contributed by atoms with van der Waals surface area (Å²) in [5, 5.41) is 11.0. The first-order chi connectivity index (χ1) is 10.5. The lowest BCUT2D eigenvalue weighted by molar-refractivity contribution is 0.0691. The van der Waals surface area contributed by atoms with Gasteiger partial charge in [-0.15, -0.1) is 11.3 Å². The molecule has 0 aliphatic rings. The van der Waals surface area contributed by atoms with Crippen molar-refractivity contribution < 1.29 is 19.4 Å². The molecule has 0 bridgehead atoms. The van der Waals surface area contributed by atoms with Crippen molar-refractivity contribution in [3.05, 3.63) is 35.0 Å². The highest BCUT2D eigenvalue weighted by Crippen LogP contribution is 2.37. The number of benzene rings is 1. The molecule has 0 saturated heterocycles. The van der Waals surface area contributed by atoms with Crippen LogP contribution in [-0.2, 0) is 0 Å². The average Bonchev–Trinajstić information content (AvgIpc) is 3.07. The highest BCUT2D eigenvalue weighted by atomic mass is 32.1. The number of carbonyl (C=O) groups is 1. The molecule has 0 saturated carbocycles. The normalized spacial score (nSPS) is 10.9. The van der Waals surface area contributed by atoms with Crippen LogP contribution in [0.5, 0.6) is 11.5 Å². The number of fused-ring (bicyclic) bond motifs is 1. The molecule has 2 heterocycles. The Kier molecular flexibility index (Phi) is 3.50. The van der Waals surface area contributed by atoms with Crippen LogP contribution < -0.4 is 9.47 Å². The zero-order valence-corrected chi connectivity index (χ0v) is 13.1. The van der Waals surface area contributed by atoms with E-state index >= 15 is 0 Å². The van der Waals surface area contributed by atoms with Crippen LogP contribution in [0.25, 0.3) is 16.2 Å². The second-order valence-electron chi connectivity index (χ2n) is 4.73. The van der Waals surface area contributed by atoms with Crippen LogP contribution in [0.4, 0.5) is 0 Å². The topological polar surface area (TPSA) is 73.1 Å². The summed E-state index contributed by atoms with van der Waals surface area (Å²) in [7, 11) is 3.21. The van der Waals surface area contributed by atoms with E-state index in [1.165, 1.54) is 17.5 Å². The molecule has 0 atom stereocenters. The minimum Gasteiger partial charge on any atom is -0.496 e. The number of carboxylic acids is 1. The van der Waals surface area contributed by atoms with Crippen molar-refractivity contribution in [3.8, 4) is 22.8 Å². The van der Waals surface area contributed by atoms with Crippen LogP contribution in [0.3, 0.4) is 0 Å². The number of aromatic carboxylic acids is 1. The average molecular weight is 318 g/mol. The molecule has 3 rings (SSSR count). The van der Waals surface area contributed by atoms with E-state index in [1.54, 1.807) is 18.6 Å². The van der Waals surface area contributed by atoms with E-state index in [9.17, 15) is 4.79 Å². The number of nitrogens with zero attached hydrogens (tertiary/aromatic N) is 2. The van der Waals surface area contributed by atoms with Crippen LogP contribution in [0.1, 0.15) is 16.1 Å². The molecule has 0 aliphatic heterocycles. The first kappa shape index (κ1) is 14.4. The zero-order chi connectivity index (χ0) is 15.9. The zero-order valence-electron chi connectivity index (χ0n) is 12.3. The second-order valence-corrected chi connectivity index (χ2v) is 5.56. The molecule has 1 N–H and O–H groups in total. The number of ether oxygens (including phenoxy) is 2. The van der Waals surface area contributed by atoms with Gasteiger partial charge >= 0.3 is 5.97 Å². The van der Waals surface area contributed by atoms with Gasteiger partial charge in [0, 0.05) is 17.1 Å². The van der Waals surface area contributed by atoms with Crippen molar-refractivity contribution in [1.29, 1.82) is 0 Å². The van der Waals surface area contributed by atoms with Crippen molar-refractivity contribution >= 4 is 22.3 Å². The van der Waals surface area contributed by atoms with E-state index in [0.717, 1.165) is 22.6 Å². The maximum Gasteiger partial charge on any atom is 0.356 e. The Morgan fingerprint density at radius 2 is 2.00 bits per heavy atom. The molecule has 0 spiro atoms. The van der Waals surface area contributed by atoms with Crippen molar-refractivity contribution in [3.63, 3.8) is 0 Å². The van der Waals surface area contributed by atoms with Crippen LogP contribution in [-0.4, -0.2) is 34.7 Å². The number of hydrogen-bond donors (Lipinski definition) is 1. The SMILES string of the molecule is COc1cc(-c2csc3nc(C(=O)O)cn23)c(OC)cc1C. The first-order valence-electron chi connectivity index (χ1n) is 6.48. The minimum atomic E-state index is -1.05. The summed E-state index contributed by atoms with van der Waals surface area (Å²) in [5.41, 5.74) is 2.62. The lowest BCUT2D eigenvalue weighted by atomic mass is 10.1. The summed E-state index contributed by atoms with van der Waals surface area (Å²) in [6.45, 7) is 1.94. The number of aryl methyl sites for hydroxylation is 1. The summed E-state index contributed by atoms with van der Waals surface area (Å²) >= 11 is 1.38. The summed E-state index contributed by atoms with van der Waals surface area (Å²) in [6, 6.07) is 3.78. The fourth-order valence-electron chi connectivity index (χ4n) is 2.33. The monoisotopic (exact) mass is 318 g/mol. The largest absolute Gasteiger partial charge is 0.496 e. The molecule has 7 heteroatoms. The van der Waals surface area contributed by atoms with Gasteiger partial charge in [0.25, 0.3) is 0 Å². The summed E-state index contributed by atoms with van der Waals surface area (Å²) in [5.74, 6) is 0.396. The predicted molar refractivity (Wildman–Crippen MR) is 83.3 cm³/mol. The van der Waals surface area contributed by atoms with Gasteiger partial charge in [-0.05, 0) is 24.6 Å². The fourth-order valence-corrected chi connectivity index (χ4v) is 3.20. The third-order valence-electron chi connectivity index (χ3n) is 3.42. The van der Waals surface area contributed by atoms with Crippen LogP contribution >= 0.6 is 11.3 Å². The Hall–Kier alpha value is -2.54. The van der Waals surface area contributed by atoms with Gasteiger partial charge in [-0.3, -0.25) is 4.40 Å². The third kappa shape index (κ3) is 2.19. The quantitative estimate of drug-likeness (QED) is 0.800. The van der Waals surface area contributed by atoms with Gasteiger partial charge in [0.05, 0.1) is 19.9 Å². The van der Waals surface area contributed by atoms with Crippen LogP contribution in [0, 0.1) is 6.92 Å². The smallest absolute Gasteiger partial charge is 0.356 e. The Labute approximate surface area is 130 Å². The highest BCUT2D eigenvalue weighted by Gasteiger charge is 2.17. The van der Waals surface area contributed by atoms with Gasteiger partial charge in [-0.2, -0.15) is 0 Å². The summed E-state index contributed by atoms with van der Waals surface area (Å²) < 4.78 is 12.6. The van der Waals surface area contributed by atoms with E-state index < -0.39 is 5.97 Å². The van der Waals surface area contributed by atoms with Gasteiger partial charge in [-0.25, -0.2) is 9.78 Å². The maximum absolute atomic E-state index is 11.1. The van der Waals surface area contributed by atoms with Crippen molar-refractivity contribution in [2.75, 3.05) is 14.2 Å². The molecule has 114 valence electrons. The summed E-state index contributed by atoms with van der Waals surface area (Å²) in [6.07, 6.45) is 1.51. The lowest BCUT2D eigenvalue weighted by Gasteiger charge is -2.12. The first-order valence-corrected chi connectivity index (χ1v) is 7.36. The fraction of sp³-hybridized carbons (Fsp3) is 0.200. The van der Waals surface area contributed by atoms with E-state index in [1.807, 2.05) is 24.4 Å². The van der Waals surface area contributed by atoms with E-state index in [4.69, 9.17) is 14.6 Å². The number of imidazole rings is 1. The molecular weight excluding hydrogens is 304 g/mol. The molecule has 0 aliphatic carbocycles. The van der Waals surface area contributed by atoms with Gasteiger partial charge in [0.1, 0.15) is 11.5 Å². The molecular formula is C15H14N2O4S. The third-order valence-corrected chi connectivity index (χ3v) is 4.26. The predicted octanol–water partition coefficient (Wildman–Crippen LogP) is 3.09. The Bertz CT molecular complexity index is 866. The van der Waals surface area contributed by atoms with Gasteiger partial charge < -0.3 is 14.6 Å². The van der Waals surface area contributed by atoms with Crippen molar-refractivity contribution in [2.24, 2.45) is 0 Å². The molecule has 6 nitrogen and oxygen atoms in total. The number of aromatic nitrogens is 2. The Morgan fingerprint density at radius 3 is 2.64 bits per heavy atom. The lowest BCUT2D eigenvalue weighted by Crippen LogP contribution is -1.96. The molecule has 0 fully saturated rings. The van der Waals surface area contributed by atoms with Gasteiger partial charge in [-0.1, -0.05) is 0 Å². The molecule has 0 unspecified atom stereocenters. The van der Waals surface area contributed by atoms with E-state index in [0.29, 0.717) is 10.7 Å². The number of rotatable bonds is 4. The maximum atomic E-state index is 11.1. The molecule has 0 amide bonds. The molecule has 3 aromatic rings. The number of methoxy groups -OCH3 is 2. The van der Waals surface area contributed by atoms with Gasteiger partial charge in [0.15, 0.2) is 10.7 Å². The molecule has 0 radical (unpaired) electrons. The number of thiazole rings is 1. The van der Waals surface area contributed by atoms with E-state index in [-0.39, 0.29) is 5.69 Å². The van der Waals surface area contributed by atoms with E-state index in [2.05, 4.69) is 4.98 Å². The summed E-state index contributed by atoms with van der Waals surface area (Å²) in [4.78, 5) is 15.8. The van der Waals surface area contributed by atoms with Gasteiger partial charge in [0.2, 0.25) is 0 Å². The van der Waals surface area contributed by atoms with Crippen LogP contribution in [0.2, 0.25) is 0 Å². The highest BCUT2D eigenvalue weighted by molar-refractivity contribution is 7.15. The molecule has 22 heavy (non-hydrogen) atoms. The number of carboxylic acid groups (broad SMARTS) is 1. The Morgan fingerprint density at radius 1 is 1.27 bits per heavy atom. The molecule has 1 aromatic carbocycles. The van der Waals surface area contributed by atoms with Crippen LogP contribution in [0.15, 0.2) is 23.7 Å². The Balaban J connectivity index is 2.24. The van der Waals surface area contributed by atoms with Crippen molar-refractivity contribution in [1.82, 2.24) is 9.38 Å². The minimum absolute atomic E-state index is 0.0196. The standard InChI is InChI=1S/C15H14N2O4S/c1-8-4-13(21-3)9(5-12(8)20-2)11-7-22-15-16-10(14(18)19)6-17(11)15/h4-7H,1-3H3,(H,18,19). The van der Waals surface area contributed by atoms with Crippen molar-refractivity contribution in [2.45, 2.75) is 6.92 Å². The molecule has 2 aromatic heterocycles. The number of hydrogen-bond acceptors (Lipinski definition) is 5. The second kappa shape index (κ2) is 5.34.